The topological polar surface area (TPSA) is 88.6 Å². The van der Waals surface area contributed by atoms with Gasteiger partial charge in [0, 0.05) is 48.0 Å². The van der Waals surface area contributed by atoms with Crippen molar-refractivity contribution >= 4 is 39.5 Å². The second kappa shape index (κ2) is 8.01. The van der Waals surface area contributed by atoms with E-state index < -0.39 is 12.2 Å². The number of nitrogens with one attached hydrogen (secondary N) is 1. The first-order valence-electron chi connectivity index (χ1n) is 11.1. The number of hydrogen-bond acceptors (Lipinski definition) is 5. The number of benzene rings is 1. The third-order valence-electron chi connectivity index (χ3n) is 6.62. The minimum atomic E-state index is -1.09. The Morgan fingerprint density at radius 1 is 1.25 bits per heavy atom. The third kappa shape index (κ3) is 3.24. The lowest BCUT2D eigenvalue weighted by molar-refractivity contribution is 0.167. The van der Waals surface area contributed by atoms with E-state index in [1.807, 2.05) is 38.5 Å². The molecule has 3 N–H and O–H groups in total. The van der Waals surface area contributed by atoms with Gasteiger partial charge in [0.05, 0.1) is 22.8 Å². The number of nitrogens with zero attached hydrogens (tertiary/aromatic N) is 5. The molecule has 0 saturated carbocycles. The number of halogens is 2. The van der Waals surface area contributed by atoms with Crippen molar-refractivity contribution in [3.05, 3.63) is 35.7 Å². The minimum Gasteiger partial charge on any atom is -0.346 e. The van der Waals surface area contributed by atoms with E-state index in [1.54, 1.807) is 10.9 Å². The number of piperidine rings is 1. The molecule has 9 heteroatoms. The lowest BCUT2D eigenvalue weighted by Gasteiger charge is -2.46. The van der Waals surface area contributed by atoms with Gasteiger partial charge < -0.3 is 15.6 Å². The van der Waals surface area contributed by atoms with E-state index in [2.05, 4.69) is 21.9 Å². The van der Waals surface area contributed by atoms with Gasteiger partial charge in [-0.1, -0.05) is 31.5 Å². The molecule has 1 aliphatic heterocycles. The van der Waals surface area contributed by atoms with Crippen LogP contribution in [0.3, 0.4) is 0 Å². The Bertz CT molecular complexity index is 1280. The number of aryl methyl sites for hydroxylation is 1. The molecule has 1 fully saturated rings. The Morgan fingerprint density at radius 3 is 2.81 bits per heavy atom. The molecule has 0 amide bonds. The summed E-state index contributed by atoms with van der Waals surface area (Å²) in [7, 11) is 1.87. The SMILES string of the molecule is CC[C@@H]1C[C@@H](N)[C@@H](F)[C@H](CC)N1c1cnc2c(-c3ccc4nn(C)cc4c3Cl)c[nH]c2n1. The van der Waals surface area contributed by atoms with Crippen molar-refractivity contribution < 1.29 is 4.39 Å². The molecular weight excluding hydrogens is 429 g/mol. The van der Waals surface area contributed by atoms with E-state index in [0.29, 0.717) is 29.3 Å². The van der Waals surface area contributed by atoms with Gasteiger partial charge in [0.2, 0.25) is 0 Å². The van der Waals surface area contributed by atoms with Gasteiger partial charge in [-0.15, -0.1) is 0 Å². The van der Waals surface area contributed by atoms with E-state index >= 15 is 0 Å². The number of fused-ring (bicyclic) bond motifs is 2. The number of hydrogen-bond donors (Lipinski definition) is 2. The molecule has 0 aliphatic carbocycles. The number of H-pyrrole nitrogens is 1. The summed E-state index contributed by atoms with van der Waals surface area (Å²) in [5.74, 6) is 0.674. The lowest BCUT2D eigenvalue weighted by Crippen LogP contribution is -2.60. The van der Waals surface area contributed by atoms with E-state index in [-0.39, 0.29) is 12.1 Å². The molecule has 7 nitrogen and oxygen atoms in total. The zero-order valence-electron chi connectivity index (χ0n) is 18.4. The van der Waals surface area contributed by atoms with Crippen LogP contribution in [0.2, 0.25) is 5.02 Å². The molecule has 1 aromatic carbocycles. The Kier molecular flexibility index (Phi) is 5.29. The average Bonchev–Trinajstić information content (AvgIpc) is 3.38. The maximum absolute atomic E-state index is 15.0. The van der Waals surface area contributed by atoms with Crippen LogP contribution in [0.25, 0.3) is 33.2 Å². The van der Waals surface area contributed by atoms with Crippen LogP contribution in [0.15, 0.2) is 30.7 Å². The lowest BCUT2D eigenvalue weighted by atomic mass is 9.87. The smallest absolute Gasteiger partial charge is 0.159 e. The van der Waals surface area contributed by atoms with Crippen LogP contribution in [0.1, 0.15) is 33.1 Å². The summed E-state index contributed by atoms with van der Waals surface area (Å²) in [6.45, 7) is 4.09. The van der Waals surface area contributed by atoms with Gasteiger partial charge in [-0.25, -0.2) is 14.4 Å². The molecule has 4 heterocycles. The van der Waals surface area contributed by atoms with Crippen LogP contribution in [0.4, 0.5) is 10.2 Å². The largest absolute Gasteiger partial charge is 0.346 e. The monoisotopic (exact) mass is 455 g/mol. The predicted molar refractivity (Wildman–Crippen MR) is 127 cm³/mol. The zero-order chi connectivity index (χ0) is 22.6. The van der Waals surface area contributed by atoms with Crippen molar-refractivity contribution in [1.29, 1.82) is 0 Å². The summed E-state index contributed by atoms with van der Waals surface area (Å²) < 4.78 is 16.7. The minimum absolute atomic E-state index is 0.130. The Hall–Kier alpha value is -2.71. The summed E-state index contributed by atoms with van der Waals surface area (Å²) in [6.07, 6.45) is 6.55. The van der Waals surface area contributed by atoms with E-state index in [9.17, 15) is 4.39 Å². The number of rotatable bonds is 4. The molecule has 5 rings (SSSR count). The first-order valence-corrected chi connectivity index (χ1v) is 11.4. The predicted octanol–water partition coefficient (Wildman–Crippen LogP) is 4.60. The highest BCUT2D eigenvalue weighted by atomic mass is 35.5. The highest BCUT2D eigenvalue weighted by Crippen LogP contribution is 2.38. The van der Waals surface area contributed by atoms with E-state index in [4.69, 9.17) is 27.3 Å². The van der Waals surface area contributed by atoms with Crippen LogP contribution in [-0.2, 0) is 7.05 Å². The summed E-state index contributed by atoms with van der Waals surface area (Å²) in [5.41, 5.74) is 10.1. The molecular formula is C23H27ClFN7. The molecule has 4 atom stereocenters. The summed E-state index contributed by atoms with van der Waals surface area (Å²) in [4.78, 5) is 14.9. The zero-order valence-corrected chi connectivity index (χ0v) is 19.1. The first kappa shape index (κ1) is 21.2. The summed E-state index contributed by atoms with van der Waals surface area (Å²) in [5, 5.41) is 5.93. The van der Waals surface area contributed by atoms with Crippen LogP contribution in [0, 0.1) is 0 Å². The van der Waals surface area contributed by atoms with Gasteiger partial charge in [-0.2, -0.15) is 5.10 Å². The highest BCUT2D eigenvalue weighted by Gasteiger charge is 2.41. The maximum atomic E-state index is 15.0. The number of anilines is 1. The van der Waals surface area contributed by atoms with Crippen molar-refractivity contribution in [2.24, 2.45) is 12.8 Å². The quantitative estimate of drug-likeness (QED) is 0.469. The number of aromatic amines is 1. The second-order valence-corrected chi connectivity index (χ2v) is 8.96. The molecule has 3 aromatic heterocycles. The van der Waals surface area contributed by atoms with Crippen molar-refractivity contribution in [2.75, 3.05) is 4.90 Å². The van der Waals surface area contributed by atoms with Gasteiger partial charge in [0.15, 0.2) is 5.65 Å². The maximum Gasteiger partial charge on any atom is 0.159 e. The fourth-order valence-corrected chi connectivity index (χ4v) is 5.32. The van der Waals surface area contributed by atoms with Crippen molar-refractivity contribution in [1.82, 2.24) is 24.7 Å². The highest BCUT2D eigenvalue weighted by molar-refractivity contribution is 6.38. The Balaban J connectivity index is 1.58. The van der Waals surface area contributed by atoms with Crippen LogP contribution >= 0.6 is 11.6 Å². The summed E-state index contributed by atoms with van der Waals surface area (Å²) >= 11 is 6.73. The first-order chi connectivity index (χ1) is 15.4. The normalized spacial score (nSPS) is 24.0. The molecule has 168 valence electrons. The van der Waals surface area contributed by atoms with Crippen molar-refractivity contribution in [3.8, 4) is 11.1 Å². The molecule has 1 saturated heterocycles. The van der Waals surface area contributed by atoms with Gasteiger partial charge in [-0.3, -0.25) is 4.68 Å². The van der Waals surface area contributed by atoms with Crippen LogP contribution in [-0.4, -0.2) is 49.0 Å². The molecule has 0 unspecified atom stereocenters. The second-order valence-electron chi connectivity index (χ2n) is 8.58. The average molecular weight is 456 g/mol. The van der Waals surface area contributed by atoms with E-state index in [1.165, 1.54) is 0 Å². The number of nitrogens with two attached hydrogens (primary N) is 1. The standard InChI is InChI=1S/C23H27ClFN7/c1-4-12-8-16(26)21(25)18(5-2)32(12)19-10-27-22-14(9-28-23(22)29-19)13-6-7-17-15(20(13)24)11-31(3)30-17/h6-7,9-12,16,18,21H,4-5,8,26H2,1-3H3,(H,28,29)/t12-,16-,18+,21-/m1/s1. The van der Waals surface area contributed by atoms with Gasteiger partial charge in [-0.05, 0) is 25.3 Å². The molecule has 32 heavy (non-hydrogen) atoms. The van der Waals surface area contributed by atoms with Crippen LogP contribution in [0.5, 0.6) is 0 Å². The Morgan fingerprint density at radius 2 is 2.06 bits per heavy atom. The van der Waals surface area contributed by atoms with Gasteiger partial charge in [0.1, 0.15) is 17.5 Å². The molecule has 0 spiro atoms. The fourth-order valence-electron chi connectivity index (χ4n) is 5.01. The number of alkyl halides is 1. The molecule has 1 aliphatic rings. The van der Waals surface area contributed by atoms with Gasteiger partial charge in [0.25, 0.3) is 0 Å². The molecule has 0 bridgehead atoms. The molecule has 0 radical (unpaired) electrons. The van der Waals surface area contributed by atoms with Crippen LogP contribution < -0.4 is 10.6 Å². The number of aromatic nitrogens is 5. The van der Waals surface area contributed by atoms with E-state index in [0.717, 1.165) is 34.0 Å². The van der Waals surface area contributed by atoms with Crippen molar-refractivity contribution in [3.63, 3.8) is 0 Å². The molecule has 4 aromatic rings. The third-order valence-corrected chi connectivity index (χ3v) is 7.03. The summed E-state index contributed by atoms with van der Waals surface area (Å²) in [6, 6.07) is 3.28. The Labute approximate surface area is 190 Å². The van der Waals surface area contributed by atoms with Crippen molar-refractivity contribution in [2.45, 2.75) is 57.4 Å². The van der Waals surface area contributed by atoms with Gasteiger partial charge >= 0.3 is 0 Å². The fraction of sp³-hybridized carbons (Fsp3) is 0.435.